The summed E-state index contributed by atoms with van der Waals surface area (Å²) in [4.78, 5) is 12.5. The molecule has 3 aromatic rings. The highest BCUT2D eigenvalue weighted by Gasteiger charge is 2.30. The quantitative estimate of drug-likeness (QED) is 0.325. The summed E-state index contributed by atoms with van der Waals surface area (Å²) in [6.45, 7) is 3.47. The lowest BCUT2D eigenvalue weighted by Gasteiger charge is -2.11. The Bertz CT molecular complexity index is 1220. The summed E-state index contributed by atoms with van der Waals surface area (Å²) in [6.07, 6.45) is -3.23. The van der Waals surface area contributed by atoms with Gasteiger partial charge in [-0.25, -0.2) is 4.39 Å². The summed E-state index contributed by atoms with van der Waals surface area (Å²) in [5, 5.41) is 11.7. The summed E-state index contributed by atoms with van der Waals surface area (Å²) in [6, 6.07) is 13.8. The fourth-order valence-electron chi connectivity index (χ4n) is 3.21. The van der Waals surface area contributed by atoms with E-state index < -0.39 is 23.5 Å². The van der Waals surface area contributed by atoms with Gasteiger partial charge in [-0.3, -0.25) is 4.79 Å². The molecule has 8 heteroatoms. The second kappa shape index (κ2) is 8.48. The molecule has 0 bridgehead atoms. The molecule has 31 heavy (non-hydrogen) atoms. The highest BCUT2D eigenvalue weighted by atomic mass is 19.4. The van der Waals surface area contributed by atoms with Crippen LogP contribution in [0.5, 0.6) is 0 Å². The van der Waals surface area contributed by atoms with Gasteiger partial charge in [0.05, 0.1) is 11.3 Å². The summed E-state index contributed by atoms with van der Waals surface area (Å²) < 4.78 is 54.5. The molecule has 0 aliphatic heterocycles. The Morgan fingerprint density at radius 3 is 2.45 bits per heavy atom. The van der Waals surface area contributed by atoms with Crippen LogP contribution in [0.3, 0.4) is 0 Å². The maximum atomic E-state index is 14.2. The third kappa shape index (κ3) is 4.67. The zero-order chi connectivity index (χ0) is 22.8. The molecule has 0 unspecified atom stereocenters. The predicted molar refractivity (Wildman–Crippen MR) is 109 cm³/mol. The average molecular weight is 427 g/mol. The van der Waals surface area contributed by atoms with Gasteiger partial charge < -0.3 is 9.88 Å². The number of nitrogens with one attached hydrogen (secondary N) is 1. The average Bonchev–Trinajstić information content (AvgIpc) is 2.99. The summed E-state index contributed by atoms with van der Waals surface area (Å²) >= 11 is 0. The number of carbonyl (C=O) groups excluding carboxylic acids is 1. The van der Waals surface area contributed by atoms with Crippen LogP contribution in [0.2, 0.25) is 0 Å². The Labute approximate surface area is 176 Å². The van der Waals surface area contributed by atoms with Crippen molar-refractivity contribution in [2.75, 3.05) is 5.32 Å². The van der Waals surface area contributed by atoms with Gasteiger partial charge in [0.25, 0.3) is 5.91 Å². The summed E-state index contributed by atoms with van der Waals surface area (Å²) in [5.41, 5.74) is 0.817. The van der Waals surface area contributed by atoms with E-state index in [0.29, 0.717) is 22.6 Å². The predicted octanol–water partition coefficient (Wildman–Crippen LogP) is 5.80. The van der Waals surface area contributed by atoms with Gasteiger partial charge in [0.1, 0.15) is 17.5 Å². The normalized spacial score (nSPS) is 11.8. The van der Waals surface area contributed by atoms with E-state index >= 15 is 0 Å². The largest absolute Gasteiger partial charge is 0.416 e. The van der Waals surface area contributed by atoms with Crippen LogP contribution in [0.4, 0.5) is 23.2 Å². The molecular weight excluding hydrogens is 410 g/mol. The number of aromatic nitrogens is 1. The molecule has 1 heterocycles. The van der Waals surface area contributed by atoms with Crippen molar-refractivity contribution in [1.29, 1.82) is 5.26 Å². The third-order valence-corrected chi connectivity index (χ3v) is 4.68. The monoisotopic (exact) mass is 427 g/mol. The number of carbonyl (C=O) groups is 1. The molecule has 0 radical (unpaired) electrons. The van der Waals surface area contributed by atoms with Gasteiger partial charge in [0.15, 0.2) is 0 Å². The van der Waals surface area contributed by atoms with Crippen LogP contribution in [0.25, 0.3) is 11.8 Å². The maximum absolute atomic E-state index is 14.2. The number of hydrogen-bond donors (Lipinski definition) is 1. The first-order valence-electron chi connectivity index (χ1n) is 9.16. The van der Waals surface area contributed by atoms with Gasteiger partial charge in [-0.1, -0.05) is 18.2 Å². The molecule has 0 spiro atoms. The van der Waals surface area contributed by atoms with E-state index in [2.05, 4.69) is 5.32 Å². The number of alkyl halides is 3. The number of rotatable bonds is 4. The molecule has 0 aliphatic rings. The molecule has 0 saturated carbocycles. The number of halogens is 4. The first-order chi connectivity index (χ1) is 14.6. The Balaban J connectivity index is 1.93. The second-order valence-electron chi connectivity index (χ2n) is 6.82. The lowest BCUT2D eigenvalue weighted by molar-refractivity contribution is -0.137. The van der Waals surface area contributed by atoms with Gasteiger partial charge in [-0.15, -0.1) is 0 Å². The fourth-order valence-corrected chi connectivity index (χ4v) is 3.21. The molecule has 3 rings (SSSR count). The lowest BCUT2D eigenvalue weighted by Crippen LogP contribution is -2.14. The second-order valence-corrected chi connectivity index (χ2v) is 6.82. The van der Waals surface area contributed by atoms with E-state index in [1.807, 2.05) is 0 Å². The number of anilines is 1. The van der Waals surface area contributed by atoms with E-state index in [0.717, 1.165) is 18.2 Å². The number of benzene rings is 2. The highest BCUT2D eigenvalue weighted by molar-refractivity contribution is 6.09. The smallest absolute Gasteiger partial charge is 0.321 e. The molecule has 0 atom stereocenters. The zero-order valence-corrected chi connectivity index (χ0v) is 16.6. The minimum atomic E-state index is -4.56. The van der Waals surface area contributed by atoms with Gasteiger partial charge >= 0.3 is 6.18 Å². The molecule has 0 aliphatic carbocycles. The number of para-hydroxylation sites is 1. The van der Waals surface area contributed by atoms with Crippen LogP contribution < -0.4 is 5.32 Å². The SMILES string of the molecule is Cc1cc(/C=C(/C#N)C(=O)Nc2cccc(C(F)(F)F)c2)c(C)n1-c1ccccc1F. The van der Waals surface area contributed by atoms with Crippen LogP contribution in [0.1, 0.15) is 22.5 Å². The van der Waals surface area contributed by atoms with Crippen LogP contribution in [-0.2, 0) is 11.0 Å². The Kier molecular flexibility index (Phi) is 5.97. The molecular formula is C23H17F4N3O. The number of aryl methyl sites for hydroxylation is 1. The molecule has 0 saturated heterocycles. The summed E-state index contributed by atoms with van der Waals surface area (Å²) in [5.74, 6) is -1.28. The molecule has 1 amide bonds. The van der Waals surface area contributed by atoms with Crippen LogP contribution in [-0.4, -0.2) is 10.5 Å². The van der Waals surface area contributed by atoms with Crippen LogP contribution in [0.15, 0.2) is 60.2 Å². The topological polar surface area (TPSA) is 57.8 Å². The molecule has 158 valence electrons. The zero-order valence-electron chi connectivity index (χ0n) is 16.6. The van der Waals surface area contributed by atoms with Crippen molar-refractivity contribution in [1.82, 2.24) is 4.57 Å². The van der Waals surface area contributed by atoms with Crippen molar-refractivity contribution in [3.63, 3.8) is 0 Å². The Hall–Kier alpha value is -3.86. The van der Waals surface area contributed by atoms with Crippen molar-refractivity contribution >= 4 is 17.7 Å². The van der Waals surface area contributed by atoms with E-state index in [9.17, 15) is 27.6 Å². The van der Waals surface area contributed by atoms with E-state index in [1.54, 1.807) is 48.7 Å². The summed E-state index contributed by atoms with van der Waals surface area (Å²) in [7, 11) is 0. The molecule has 2 aromatic carbocycles. The minimum Gasteiger partial charge on any atom is -0.321 e. The first-order valence-corrected chi connectivity index (χ1v) is 9.16. The van der Waals surface area contributed by atoms with Crippen molar-refractivity contribution in [3.05, 3.63) is 88.5 Å². The van der Waals surface area contributed by atoms with Crippen LogP contribution in [0, 0.1) is 31.0 Å². The Morgan fingerprint density at radius 2 is 1.81 bits per heavy atom. The molecule has 0 fully saturated rings. The molecule has 1 aromatic heterocycles. The first kappa shape index (κ1) is 21.8. The van der Waals surface area contributed by atoms with Gasteiger partial charge in [-0.2, -0.15) is 18.4 Å². The van der Waals surface area contributed by atoms with E-state index in [4.69, 9.17) is 0 Å². The van der Waals surface area contributed by atoms with E-state index in [-0.39, 0.29) is 11.3 Å². The number of nitriles is 1. The van der Waals surface area contributed by atoms with E-state index in [1.165, 1.54) is 18.2 Å². The van der Waals surface area contributed by atoms with Crippen LogP contribution >= 0.6 is 0 Å². The standard InChI is InChI=1S/C23H17F4N3O/c1-14-10-16(15(2)30(14)21-9-4-3-8-20(21)24)11-17(13-28)22(31)29-19-7-5-6-18(12-19)23(25,26)27/h3-12H,1-2H3,(H,29,31)/b17-11-. The maximum Gasteiger partial charge on any atom is 0.416 e. The van der Waals surface area contributed by atoms with Crippen molar-refractivity contribution < 1.29 is 22.4 Å². The number of nitrogens with zero attached hydrogens (tertiary/aromatic N) is 2. The Morgan fingerprint density at radius 1 is 1.10 bits per heavy atom. The van der Waals surface area contributed by atoms with Gasteiger partial charge in [-0.05, 0) is 61.9 Å². The fraction of sp³-hybridized carbons (Fsp3) is 0.130. The minimum absolute atomic E-state index is 0.0854. The van der Waals surface area contributed by atoms with Gasteiger partial charge in [0, 0.05) is 17.1 Å². The third-order valence-electron chi connectivity index (χ3n) is 4.68. The van der Waals surface area contributed by atoms with Gasteiger partial charge in [0.2, 0.25) is 0 Å². The van der Waals surface area contributed by atoms with Crippen molar-refractivity contribution in [2.24, 2.45) is 0 Å². The van der Waals surface area contributed by atoms with Crippen molar-refractivity contribution in [2.45, 2.75) is 20.0 Å². The van der Waals surface area contributed by atoms with Crippen molar-refractivity contribution in [3.8, 4) is 11.8 Å². The molecule has 1 N–H and O–H groups in total. The number of hydrogen-bond acceptors (Lipinski definition) is 2. The molecule has 4 nitrogen and oxygen atoms in total. The highest BCUT2D eigenvalue weighted by Crippen LogP contribution is 2.31. The number of amides is 1. The lowest BCUT2D eigenvalue weighted by atomic mass is 10.1.